The summed E-state index contributed by atoms with van der Waals surface area (Å²) in [4.78, 5) is 13.7. The van der Waals surface area contributed by atoms with Gasteiger partial charge in [0.2, 0.25) is 0 Å². The van der Waals surface area contributed by atoms with Gasteiger partial charge in [0.15, 0.2) is 0 Å². The van der Waals surface area contributed by atoms with E-state index in [1.807, 2.05) is 0 Å². The molecule has 2 aromatic rings. The molecule has 0 aromatic heterocycles. The minimum absolute atomic E-state index is 0.407. The van der Waals surface area contributed by atoms with E-state index in [2.05, 4.69) is 102 Å². The van der Waals surface area contributed by atoms with Crippen molar-refractivity contribution in [2.24, 2.45) is 11.8 Å². The van der Waals surface area contributed by atoms with Crippen LogP contribution < -0.4 is 0 Å². The van der Waals surface area contributed by atoms with Gasteiger partial charge in [0.25, 0.3) is 0 Å². The van der Waals surface area contributed by atoms with Gasteiger partial charge in [-0.05, 0) is 62.5 Å². The first kappa shape index (κ1) is 30.6. The SMILES string of the molecule is CCCCC(CCCC)C(C)(OOC(C)(c1ccccc1)C(CCCC)CCCC)c1ccccc1. The number of hydrogen-bond donors (Lipinski definition) is 0. The minimum atomic E-state index is -0.498. The molecule has 2 aromatic carbocycles. The molecule has 0 radical (unpaired) electrons. The van der Waals surface area contributed by atoms with E-state index < -0.39 is 11.2 Å². The zero-order valence-corrected chi connectivity index (χ0v) is 24.2. The highest BCUT2D eigenvalue weighted by molar-refractivity contribution is 5.24. The Morgan fingerprint density at radius 1 is 0.500 bits per heavy atom. The zero-order chi connectivity index (χ0) is 26.3. The van der Waals surface area contributed by atoms with Crippen molar-refractivity contribution in [2.45, 2.75) is 130 Å². The number of rotatable bonds is 19. The average Bonchev–Trinajstić information content (AvgIpc) is 2.92. The number of unbranched alkanes of at least 4 members (excludes halogenated alkanes) is 4. The monoisotopic (exact) mass is 494 g/mol. The van der Waals surface area contributed by atoms with Gasteiger partial charge in [0, 0.05) is 0 Å². The normalized spacial score (nSPS) is 15.2. The Kier molecular flexibility index (Phi) is 13.8. The van der Waals surface area contributed by atoms with E-state index in [-0.39, 0.29) is 0 Å². The smallest absolute Gasteiger partial charge is 0.128 e. The van der Waals surface area contributed by atoms with E-state index in [1.165, 1.54) is 62.5 Å². The Bertz CT molecular complexity index is 719. The Balaban J connectivity index is 2.48. The molecule has 0 saturated heterocycles. The van der Waals surface area contributed by atoms with Crippen LogP contribution in [0.3, 0.4) is 0 Å². The molecule has 36 heavy (non-hydrogen) atoms. The molecule has 0 fully saturated rings. The van der Waals surface area contributed by atoms with Crippen molar-refractivity contribution in [1.82, 2.24) is 0 Å². The molecule has 0 saturated carbocycles. The highest BCUT2D eigenvalue weighted by Crippen LogP contribution is 2.45. The van der Waals surface area contributed by atoms with Gasteiger partial charge >= 0.3 is 0 Å². The van der Waals surface area contributed by atoms with Crippen LogP contribution in [0.25, 0.3) is 0 Å². The third kappa shape index (κ3) is 8.45. The zero-order valence-electron chi connectivity index (χ0n) is 24.2. The van der Waals surface area contributed by atoms with E-state index >= 15 is 0 Å². The van der Waals surface area contributed by atoms with Crippen molar-refractivity contribution < 1.29 is 9.78 Å². The van der Waals surface area contributed by atoms with Gasteiger partial charge in [0.05, 0.1) is 0 Å². The molecule has 0 spiro atoms. The van der Waals surface area contributed by atoms with Crippen LogP contribution in [0.4, 0.5) is 0 Å². The first-order valence-electron chi connectivity index (χ1n) is 14.9. The van der Waals surface area contributed by atoms with Crippen molar-refractivity contribution in [3.05, 3.63) is 71.8 Å². The molecule has 0 N–H and O–H groups in total. The Labute approximate surface area is 223 Å². The van der Waals surface area contributed by atoms with Crippen LogP contribution in [0.2, 0.25) is 0 Å². The maximum atomic E-state index is 6.83. The van der Waals surface area contributed by atoms with Crippen LogP contribution in [-0.4, -0.2) is 0 Å². The number of hydrogen-bond acceptors (Lipinski definition) is 2. The van der Waals surface area contributed by atoms with Gasteiger partial charge in [-0.25, -0.2) is 9.78 Å². The number of benzene rings is 2. The Morgan fingerprint density at radius 2 is 0.778 bits per heavy atom. The first-order chi connectivity index (χ1) is 17.5. The van der Waals surface area contributed by atoms with E-state index in [9.17, 15) is 0 Å². The fourth-order valence-corrected chi connectivity index (χ4v) is 5.61. The maximum absolute atomic E-state index is 6.83. The predicted octanol–water partition coefficient (Wildman–Crippen LogP) is 10.8. The quantitative estimate of drug-likeness (QED) is 0.143. The average molecular weight is 495 g/mol. The highest BCUT2D eigenvalue weighted by atomic mass is 17.2. The standard InChI is InChI=1S/C34H54O2/c1-7-11-21-29(22-12-8-2)33(5,31-25-17-15-18-26-31)35-36-34(6,32-27-19-16-20-28-32)30(23-13-9-3)24-14-10-4/h15-20,25-30H,7-14,21-24H2,1-6H3. The summed E-state index contributed by atoms with van der Waals surface area (Å²) in [6.45, 7) is 13.7. The van der Waals surface area contributed by atoms with Gasteiger partial charge in [0.1, 0.15) is 11.2 Å². The molecule has 2 atom stereocenters. The largest absolute Gasteiger partial charge is 0.224 e. The lowest BCUT2D eigenvalue weighted by Crippen LogP contribution is -2.42. The van der Waals surface area contributed by atoms with Crippen LogP contribution >= 0.6 is 0 Å². The van der Waals surface area contributed by atoms with Crippen LogP contribution in [0.1, 0.15) is 130 Å². The predicted molar refractivity (Wildman–Crippen MR) is 155 cm³/mol. The summed E-state index contributed by atoms with van der Waals surface area (Å²) < 4.78 is 0. The summed E-state index contributed by atoms with van der Waals surface area (Å²) in [6.07, 6.45) is 14.3. The van der Waals surface area contributed by atoms with Crippen LogP contribution in [0.5, 0.6) is 0 Å². The highest BCUT2D eigenvalue weighted by Gasteiger charge is 2.43. The molecular weight excluding hydrogens is 440 g/mol. The van der Waals surface area contributed by atoms with Gasteiger partial charge in [-0.2, -0.15) is 0 Å². The van der Waals surface area contributed by atoms with Crippen molar-refractivity contribution >= 4 is 0 Å². The molecule has 2 heteroatoms. The lowest BCUT2D eigenvalue weighted by Gasteiger charge is -2.43. The lowest BCUT2D eigenvalue weighted by molar-refractivity contribution is -0.436. The molecule has 202 valence electrons. The van der Waals surface area contributed by atoms with Gasteiger partial charge < -0.3 is 0 Å². The molecule has 2 nitrogen and oxygen atoms in total. The van der Waals surface area contributed by atoms with Crippen LogP contribution in [0, 0.1) is 11.8 Å². The summed E-state index contributed by atoms with van der Waals surface area (Å²) in [7, 11) is 0. The van der Waals surface area contributed by atoms with Crippen molar-refractivity contribution in [2.75, 3.05) is 0 Å². The second-order valence-corrected chi connectivity index (χ2v) is 11.1. The molecule has 0 aliphatic carbocycles. The molecule has 2 unspecified atom stereocenters. The topological polar surface area (TPSA) is 18.5 Å². The third-order valence-corrected chi connectivity index (χ3v) is 8.26. The third-order valence-electron chi connectivity index (χ3n) is 8.26. The summed E-state index contributed by atoms with van der Waals surface area (Å²) >= 11 is 0. The Morgan fingerprint density at radius 3 is 1.03 bits per heavy atom. The lowest BCUT2D eigenvalue weighted by atomic mass is 9.76. The van der Waals surface area contributed by atoms with Crippen molar-refractivity contribution in [3.63, 3.8) is 0 Å². The summed E-state index contributed by atoms with van der Waals surface area (Å²) in [5.74, 6) is 0.814. The summed E-state index contributed by atoms with van der Waals surface area (Å²) in [5.41, 5.74) is 1.44. The van der Waals surface area contributed by atoms with E-state index in [4.69, 9.17) is 9.78 Å². The van der Waals surface area contributed by atoms with Crippen molar-refractivity contribution in [1.29, 1.82) is 0 Å². The molecule has 0 aliphatic rings. The van der Waals surface area contributed by atoms with Crippen LogP contribution in [0.15, 0.2) is 60.7 Å². The fourth-order valence-electron chi connectivity index (χ4n) is 5.61. The van der Waals surface area contributed by atoms with Gasteiger partial charge in [-0.3, -0.25) is 0 Å². The van der Waals surface area contributed by atoms with Crippen molar-refractivity contribution in [3.8, 4) is 0 Å². The first-order valence-corrected chi connectivity index (χ1v) is 14.9. The van der Waals surface area contributed by atoms with E-state index in [0.717, 1.165) is 25.7 Å². The second-order valence-electron chi connectivity index (χ2n) is 11.1. The van der Waals surface area contributed by atoms with Gasteiger partial charge in [-0.1, -0.05) is 140 Å². The summed E-state index contributed by atoms with van der Waals surface area (Å²) in [5, 5.41) is 0. The molecule has 0 amide bonds. The molecule has 0 heterocycles. The molecule has 0 aliphatic heterocycles. The van der Waals surface area contributed by atoms with E-state index in [0.29, 0.717) is 11.8 Å². The van der Waals surface area contributed by atoms with Crippen LogP contribution in [-0.2, 0) is 21.0 Å². The molecular formula is C34H54O2. The fraction of sp³-hybridized carbons (Fsp3) is 0.647. The minimum Gasteiger partial charge on any atom is -0.224 e. The second kappa shape index (κ2) is 16.3. The summed E-state index contributed by atoms with van der Waals surface area (Å²) in [6, 6.07) is 21.6. The Hall–Kier alpha value is -1.64. The maximum Gasteiger partial charge on any atom is 0.128 e. The van der Waals surface area contributed by atoms with E-state index in [1.54, 1.807) is 0 Å². The molecule has 0 bridgehead atoms. The van der Waals surface area contributed by atoms with Gasteiger partial charge in [-0.15, -0.1) is 0 Å². The molecule has 2 rings (SSSR count).